The van der Waals surface area contributed by atoms with E-state index in [0.717, 1.165) is 18.2 Å². The molecule has 19 heavy (non-hydrogen) atoms. The first kappa shape index (κ1) is 13.0. The fraction of sp³-hybridized carbons (Fsp3) is 0.154. The van der Waals surface area contributed by atoms with Gasteiger partial charge in [-0.15, -0.1) is 0 Å². The van der Waals surface area contributed by atoms with Crippen LogP contribution in [-0.2, 0) is 6.42 Å². The normalized spacial score (nSPS) is 10.2. The lowest BCUT2D eigenvalue weighted by Gasteiger charge is -2.05. The Morgan fingerprint density at radius 3 is 2.47 bits per heavy atom. The van der Waals surface area contributed by atoms with Crippen molar-refractivity contribution >= 4 is 5.69 Å². The van der Waals surface area contributed by atoms with E-state index < -0.39 is 4.92 Å². The molecule has 0 unspecified atom stereocenters. The summed E-state index contributed by atoms with van der Waals surface area (Å²) >= 11 is 0. The molecule has 2 rings (SSSR count). The minimum atomic E-state index is -0.502. The quantitative estimate of drug-likeness (QED) is 0.657. The highest BCUT2D eigenvalue weighted by Crippen LogP contribution is 2.21. The van der Waals surface area contributed by atoms with E-state index >= 15 is 0 Å². The third kappa shape index (κ3) is 3.49. The van der Waals surface area contributed by atoms with Crippen LogP contribution in [0.5, 0.6) is 11.6 Å². The minimum absolute atomic E-state index is 0.0642. The maximum absolute atomic E-state index is 10.5. The highest BCUT2D eigenvalue weighted by molar-refractivity contribution is 5.33. The van der Waals surface area contributed by atoms with Crippen molar-refractivity contribution in [2.24, 2.45) is 5.73 Å². The van der Waals surface area contributed by atoms with E-state index in [9.17, 15) is 10.1 Å². The lowest BCUT2D eigenvalue weighted by atomic mass is 10.1. The number of pyridine rings is 1. The van der Waals surface area contributed by atoms with Crippen LogP contribution in [0, 0.1) is 10.1 Å². The molecule has 1 aromatic heterocycles. The topological polar surface area (TPSA) is 91.3 Å². The van der Waals surface area contributed by atoms with Crippen LogP contribution in [0.3, 0.4) is 0 Å². The molecule has 0 amide bonds. The average Bonchev–Trinajstić information content (AvgIpc) is 2.42. The molecule has 6 nitrogen and oxygen atoms in total. The number of benzene rings is 1. The van der Waals surface area contributed by atoms with Gasteiger partial charge in [0.1, 0.15) is 11.9 Å². The largest absolute Gasteiger partial charge is 0.439 e. The van der Waals surface area contributed by atoms with Gasteiger partial charge < -0.3 is 10.5 Å². The van der Waals surface area contributed by atoms with Crippen LogP contribution < -0.4 is 10.5 Å². The molecule has 1 heterocycles. The Kier molecular flexibility index (Phi) is 4.04. The van der Waals surface area contributed by atoms with Crippen molar-refractivity contribution in [3.05, 3.63) is 58.3 Å². The van der Waals surface area contributed by atoms with Crippen LogP contribution in [-0.4, -0.2) is 16.5 Å². The molecule has 1 aromatic carbocycles. The van der Waals surface area contributed by atoms with E-state index in [1.807, 2.05) is 24.3 Å². The molecule has 0 saturated carbocycles. The Balaban J connectivity index is 2.06. The van der Waals surface area contributed by atoms with Crippen LogP contribution in [0.4, 0.5) is 5.69 Å². The number of hydrogen-bond donors (Lipinski definition) is 1. The van der Waals surface area contributed by atoms with E-state index in [0.29, 0.717) is 18.2 Å². The lowest BCUT2D eigenvalue weighted by molar-refractivity contribution is -0.385. The third-order valence-corrected chi connectivity index (χ3v) is 2.51. The summed E-state index contributed by atoms with van der Waals surface area (Å²) in [5.41, 5.74) is 6.53. The summed E-state index contributed by atoms with van der Waals surface area (Å²) in [6, 6.07) is 10.3. The first-order chi connectivity index (χ1) is 9.19. The van der Waals surface area contributed by atoms with Crippen molar-refractivity contribution in [3.63, 3.8) is 0 Å². The molecule has 98 valence electrons. The van der Waals surface area contributed by atoms with Gasteiger partial charge in [-0.1, -0.05) is 12.1 Å². The number of ether oxygens (including phenoxy) is 1. The van der Waals surface area contributed by atoms with Crippen LogP contribution in [0.15, 0.2) is 42.6 Å². The lowest BCUT2D eigenvalue weighted by Crippen LogP contribution is -2.02. The van der Waals surface area contributed by atoms with E-state index in [2.05, 4.69) is 4.98 Å². The van der Waals surface area contributed by atoms with E-state index in [4.69, 9.17) is 10.5 Å². The molecule has 0 spiro atoms. The van der Waals surface area contributed by atoms with Gasteiger partial charge in [-0.25, -0.2) is 4.98 Å². The van der Waals surface area contributed by atoms with Crippen molar-refractivity contribution < 1.29 is 9.66 Å². The molecule has 0 atom stereocenters. The number of rotatable bonds is 5. The first-order valence-corrected chi connectivity index (χ1v) is 5.76. The number of aromatic nitrogens is 1. The van der Waals surface area contributed by atoms with Gasteiger partial charge in [0, 0.05) is 12.1 Å². The van der Waals surface area contributed by atoms with Gasteiger partial charge in [0.25, 0.3) is 5.69 Å². The number of hydrogen-bond acceptors (Lipinski definition) is 5. The molecule has 6 heteroatoms. The summed E-state index contributed by atoms with van der Waals surface area (Å²) in [5, 5.41) is 10.5. The molecule has 0 saturated heterocycles. The van der Waals surface area contributed by atoms with Gasteiger partial charge in [0.2, 0.25) is 5.88 Å². The highest BCUT2D eigenvalue weighted by Gasteiger charge is 2.06. The molecule has 2 N–H and O–H groups in total. The van der Waals surface area contributed by atoms with Gasteiger partial charge in [-0.2, -0.15) is 0 Å². The average molecular weight is 259 g/mol. The minimum Gasteiger partial charge on any atom is -0.439 e. The summed E-state index contributed by atoms with van der Waals surface area (Å²) in [5.74, 6) is 0.944. The summed E-state index contributed by atoms with van der Waals surface area (Å²) in [6.45, 7) is 0.601. The van der Waals surface area contributed by atoms with Gasteiger partial charge in [-0.05, 0) is 30.7 Å². The van der Waals surface area contributed by atoms with Crippen LogP contribution in [0.1, 0.15) is 5.56 Å². The second kappa shape index (κ2) is 5.92. The molecule has 0 bridgehead atoms. The zero-order valence-electron chi connectivity index (χ0n) is 10.2. The predicted molar refractivity (Wildman–Crippen MR) is 70.2 cm³/mol. The van der Waals surface area contributed by atoms with Gasteiger partial charge in [-0.3, -0.25) is 10.1 Å². The van der Waals surface area contributed by atoms with Crippen molar-refractivity contribution in [2.75, 3.05) is 6.54 Å². The van der Waals surface area contributed by atoms with Gasteiger partial charge in [0.15, 0.2) is 0 Å². The number of nitrogens with two attached hydrogens (primary N) is 1. The third-order valence-electron chi connectivity index (χ3n) is 2.51. The van der Waals surface area contributed by atoms with E-state index in [-0.39, 0.29) is 5.69 Å². The fourth-order valence-electron chi connectivity index (χ4n) is 1.55. The Bertz CT molecular complexity index is 552. The van der Waals surface area contributed by atoms with Crippen molar-refractivity contribution in [1.82, 2.24) is 4.98 Å². The molecular weight excluding hydrogens is 246 g/mol. The molecular formula is C13H13N3O3. The summed E-state index contributed by atoms with van der Waals surface area (Å²) in [4.78, 5) is 13.9. The maximum atomic E-state index is 10.5. The molecule has 0 fully saturated rings. The zero-order chi connectivity index (χ0) is 13.7. The van der Waals surface area contributed by atoms with Crippen LogP contribution >= 0.6 is 0 Å². The smallest absolute Gasteiger partial charge is 0.287 e. The maximum Gasteiger partial charge on any atom is 0.287 e. The molecule has 0 aliphatic rings. The molecule has 0 radical (unpaired) electrons. The van der Waals surface area contributed by atoms with Crippen LogP contribution in [0.25, 0.3) is 0 Å². The van der Waals surface area contributed by atoms with Crippen molar-refractivity contribution in [2.45, 2.75) is 6.42 Å². The second-order valence-electron chi connectivity index (χ2n) is 3.90. The van der Waals surface area contributed by atoms with Crippen LogP contribution in [0.2, 0.25) is 0 Å². The van der Waals surface area contributed by atoms with Crippen molar-refractivity contribution in [3.8, 4) is 11.6 Å². The fourth-order valence-corrected chi connectivity index (χ4v) is 1.55. The monoisotopic (exact) mass is 259 g/mol. The highest BCUT2D eigenvalue weighted by atomic mass is 16.6. The predicted octanol–water partition coefficient (Wildman–Crippen LogP) is 2.28. The Hall–Kier alpha value is -2.47. The number of nitrogens with zero attached hydrogens (tertiary/aromatic N) is 2. The first-order valence-electron chi connectivity index (χ1n) is 5.76. The number of nitro groups is 1. The standard InChI is InChI=1S/C13H13N3O3/c14-8-7-10-1-4-12(5-2-10)19-13-6-3-11(9-15-13)16(17)18/h1-6,9H,7-8,14H2. The molecule has 0 aliphatic carbocycles. The summed E-state index contributed by atoms with van der Waals surface area (Å²) in [6.07, 6.45) is 1.98. The molecule has 2 aromatic rings. The Morgan fingerprint density at radius 2 is 1.95 bits per heavy atom. The Morgan fingerprint density at radius 1 is 1.21 bits per heavy atom. The van der Waals surface area contributed by atoms with Gasteiger partial charge in [0.05, 0.1) is 4.92 Å². The van der Waals surface area contributed by atoms with Gasteiger partial charge >= 0.3 is 0 Å². The zero-order valence-corrected chi connectivity index (χ0v) is 10.2. The second-order valence-corrected chi connectivity index (χ2v) is 3.90. The molecule has 0 aliphatic heterocycles. The van der Waals surface area contributed by atoms with E-state index in [1.165, 1.54) is 12.1 Å². The summed E-state index contributed by atoms with van der Waals surface area (Å²) < 4.78 is 5.48. The van der Waals surface area contributed by atoms with Crippen molar-refractivity contribution in [1.29, 1.82) is 0 Å². The van der Waals surface area contributed by atoms with E-state index in [1.54, 1.807) is 0 Å². The summed E-state index contributed by atoms with van der Waals surface area (Å²) in [7, 11) is 0. The SMILES string of the molecule is NCCc1ccc(Oc2ccc([N+](=O)[O-])cn2)cc1. The Labute approximate surface area is 110 Å².